The molecule has 1 N–H and O–H groups in total. The number of ether oxygens (including phenoxy) is 2. The Hall–Kier alpha value is -2.70. The summed E-state index contributed by atoms with van der Waals surface area (Å²) in [5.41, 5.74) is 4.93. The van der Waals surface area contributed by atoms with E-state index in [9.17, 15) is 9.59 Å². The third kappa shape index (κ3) is 3.59. The Labute approximate surface area is 158 Å². The highest BCUT2D eigenvalue weighted by Crippen LogP contribution is 2.34. The number of carbonyl (C=O) groups excluding carboxylic acids is 2. The van der Waals surface area contributed by atoms with Gasteiger partial charge in [0.05, 0.1) is 19.1 Å². The molecule has 0 aromatic heterocycles. The van der Waals surface area contributed by atoms with Gasteiger partial charge in [-0.15, -0.1) is 0 Å². The van der Waals surface area contributed by atoms with E-state index >= 15 is 0 Å². The number of nitrogens with one attached hydrogen (secondary N) is 1. The second-order valence-electron chi connectivity index (χ2n) is 6.82. The lowest BCUT2D eigenvalue weighted by Crippen LogP contribution is -2.31. The van der Waals surface area contributed by atoms with E-state index in [1.54, 1.807) is 4.90 Å². The predicted octanol–water partition coefficient (Wildman–Crippen LogP) is 2.82. The number of hydrogen-bond donors (Lipinski definition) is 1. The Balaban J connectivity index is 1.41. The summed E-state index contributed by atoms with van der Waals surface area (Å²) in [6, 6.07) is 13.7. The van der Waals surface area contributed by atoms with E-state index in [1.807, 2.05) is 42.5 Å². The Kier molecular flexibility index (Phi) is 4.92. The van der Waals surface area contributed by atoms with Gasteiger partial charge >= 0.3 is 0 Å². The smallest absolute Gasteiger partial charge is 0.252 e. The molecule has 6 nitrogen and oxygen atoms in total. The molecule has 0 saturated carbocycles. The topological polar surface area (TPSA) is 67.9 Å². The zero-order chi connectivity index (χ0) is 18.8. The molecule has 2 aliphatic heterocycles. The number of hydrogen-bond acceptors (Lipinski definition) is 4. The summed E-state index contributed by atoms with van der Waals surface area (Å²) < 4.78 is 10.7. The van der Waals surface area contributed by atoms with Gasteiger partial charge in [-0.1, -0.05) is 24.3 Å². The Morgan fingerprint density at radius 3 is 2.93 bits per heavy atom. The Morgan fingerprint density at radius 1 is 1.22 bits per heavy atom. The number of nitrogens with zero attached hydrogens (tertiary/aromatic N) is 1. The second kappa shape index (κ2) is 7.50. The average Bonchev–Trinajstić information content (AvgIpc) is 3.26. The van der Waals surface area contributed by atoms with Crippen LogP contribution in [0.4, 0.5) is 11.4 Å². The monoisotopic (exact) mass is 366 g/mol. The first kappa shape index (κ1) is 17.7. The van der Waals surface area contributed by atoms with E-state index in [4.69, 9.17) is 9.47 Å². The van der Waals surface area contributed by atoms with Gasteiger partial charge in [0.15, 0.2) is 0 Å². The van der Waals surface area contributed by atoms with E-state index in [1.165, 1.54) is 7.11 Å². The summed E-state index contributed by atoms with van der Waals surface area (Å²) in [5, 5.41) is 2.95. The number of methoxy groups -OCH3 is 1. The summed E-state index contributed by atoms with van der Waals surface area (Å²) in [4.78, 5) is 26.3. The molecule has 2 aromatic carbocycles. The third-order valence-corrected chi connectivity index (χ3v) is 5.04. The quantitative estimate of drug-likeness (QED) is 0.884. The molecule has 0 bridgehead atoms. The van der Waals surface area contributed by atoms with E-state index in [-0.39, 0.29) is 30.9 Å². The summed E-state index contributed by atoms with van der Waals surface area (Å²) in [7, 11) is 1.51. The molecular formula is C21H22N2O4. The van der Waals surface area contributed by atoms with Crippen LogP contribution in [-0.4, -0.2) is 32.1 Å². The van der Waals surface area contributed by atoms with Crippen LogP contribution in [0.1, 0.15) is 29.2 Å². The second-order valence-corrected chi connectivity index (χ2v) is 6.82. The van der Waals surface area contributed by atoms with Crippen LogP contribution in [0.3, 0.4) is 0 Å². The van der Waals surface area contributed by atoms with Crippen molar-refractivity contribution in [1.29, 1.82) is 0 Å². The molecule has 2 amide bonds. The van der Waals surface area contributed by atoms with Gasteiger partial charge < -0.3 is 19.7 Å². The number of fused-ring (bicyclic) bond motifs is 2. The van der Waals surface area contributed by atoms with E-state index in [2.05, 4.69) is 5.32 Å². The molecule has 1 unspecified atom stereocenters. The van der Waals surface area contributed by atoms with Crippen LogP contribution in [0.25, 0.3) is 0 Å². The molecule has 2 aromatic rings. The zero-order valence-corrected chi connectivity index (χ0v) is 15.2. The van der Waals surface area contributed by atoms with Crippen molar-refractivity contribution in [3.63, 3.8) is 0 Å². The molecule has 0 spiro atoms. The molecule has 2 aliphatic rings. The number of carbonyl (C=O) groups is 2. The predicted molar refractivity (Wildman–Crippen MR) is 102 cm³/mol. The van der Waals surface area contributed by atoms with Crippen LogP contribution in [0.5, 0.6) is 0 Å². The first-order valence-corrected chi connectivity index (χ1v) is 9.07. The summed E-state index contributed by atoms with van der Waals surface area (Å²) in [5.74, 6) is -0.132. The molecule has 1 atom stereocenters. The summed E-state index contributed by atoms with van der Waals surface area (Å²) in [6.45, 7) is 1.26. The Morgan fingerprint density at radius 2 is 2.07 bits per heavy atom. The lowest BCUT2D eigenvalue weighted by Gasteiger charge is -2.17. The first-order chi connectivity index (χ1) is 13.2. The third-order valence-electron chi connectivity index (χ3n) is 5.04. The van der Waals surface area contributed by atoms with Crippen LogP contribution < -0.4 is 10.2 Å². The van der Waals surface area contributed by atoms with Crippen LogP contribution in [0.2, 0.25) is 0 Å². The van der Waals surface area contributed by atoms with Gasteiger partial charge in [-0.25, -0.2) is 0 Å². The number of amides is 2. The lowest BCUT2D eigenvalue weighted by atomic mass is 10.0. The molecule has 6 heteroatoms. The maximum Gasteiger partial charge on any atom is 0.252 e. The minimum Gasteiger partial charge on any atom is -0.375 e. The normalized spacial score (nSPS) is 17.5. The Bertz CT molecular complexity index is 880. The van der Waals surface area contributed by atoms with Gasteiger partial charge in [-0.3, -0.25) is 9.59 Å². The van der Waals surface area contributed by atoms with E-state index < -0.39 is 0 Å². The van der Waals surface area contributed by atoms with Gasteiger partial charge in [-0.05, 0) is 41.3 Å². The van der Waals surface area contributed by atoms with Crippen LogP contribution >= 0.6 is 0 Å². The van der Waals surface area contributed by atoms with Gasteiger partial charge in [0.2, 0.25) is 5.91 Å². The minimum atomic E-state index is -0.196. The number of anilines is 2. The van der Waals surface area contributed by atoms with Crippen LogP contribution in [0.15, 0.2) is 42.5 Å². The summed E-state index contributed by atoms with van der Waals surface area (Å²) in [6.07, 6.45) is 0.859. The fourth-order valence-electron chi connectivity index (χ4n) is 3.75. The van der Waals surface area contributed by atoms with Crippen molar-refractivity contribution in [3.05, 3.63) is 59.2 Å². The van der Waals surface area contributed by atoms with E-state index in [0.717, 1.165) is 34.5 Å². The van der Waals surface area contributed by atoms with Crippen molar-refractivity contribution in [3.8, 4) is 0 Å². The van der Waals surface area contributed by atoms with Crippen molar-refractivity contribution in [2.75, 3.05) is 30.5 Å². The van der Waals surface area contributed by atoms with Gasteiger partial charge in [0.1, 0.15) is 6.61 Å². The molecule has 0 aliphatic carbocycles. The van der Waals surface area contributed by atoms with Crippen LogP contribution in [0, 0.1) is 0 Å². The highest BCUT2D eigenvalue weighted by Gasteiger charge is 2.26. The minimum absolute atomic E-state index is 0.0508. The summed E-state index contributed by atoms with van der Waals surface area (Å²) >= 11 is 0. The van der Waals surface area contributed by atoms with Crippen molar-refractivity contribution in [2.45, 2.75) is 25.6 Å². The molecular weight excluding hydrogens is 344 g/mol. The fourth-order valence-corrected chi connectivity index (χ4v) is 3.75. The van der Waals surface area contributed by atoms with Crippen LogP contribution in [-0.2, 0) is 32.1 Å². The number of rotatable bonds is 5. The van der Waals surface area contributed by atoms with E-state index in [0.29, 0.717) is 13.2 Å². The van der Waals surface area contributed by atoms with Gasteiger partial charge in [0.25, 0.3) is 5.91 Å². The fraction of sp³-hybridized carbons (Fsp3) is 0.333. The lowest BCUT2D eigenvalue weighted by molar-refractivity contribution is -0.122. The zero-order valence-electron chi connectivity index (χ0n) is 15.2. The van der Waals surface area contributed by atoms with Gasteiger partial charge in [0, 0.05) is 25.0 Å². The van der Waals surface area contributed by atoms with Gasteiger partial charge in [-0.2, -0.15) is 0 Å². The molecule has 140 valence electrons. The highest BCUT2D eigenvalue weighted by atomic mass is 16.5. The standard InChI is InChI=1S/C21H22N2O4/c1-26-13-21(25)23-9-8-14-10-16(6-7-18(14)23)22-20(24)11-19-17-5-3-2-4-15(17)12-27-19/h2-7,10,19H,8-9,11-13H2,1H3,(H,22,24). The first-order valence-electron chi connectivity index (χ1n) is 9.07. The van der Waals surface area contributed by atoms with Crippen molar-refractivity contribution < 1.29 is 19.1 Å². The molecule has 0 saturated heterocycles. The average molecular weight is 366 g/mol. The SMILES string of the molecule is COCC(=O)N1CCc2cc(NC(=O)CC3OCc4ccccc43)ccc21. The molecule has 0 fully saturated rings. The molecule has 0 radical (unpaired) electrons. The maximum absolute atomic E-state index is 12.5. The highest BCUT2D eigenvalue weighted by molar-refractivity contribution is 5.97. The van der Waals surface area contributed by atoms with Crippen molar-refractivity contribution >= 4 is 23.2 Å². The van der Waals surface area contributed by atoms with Crippen molar-refractivity contribution in [2.24, 2.45) is 0 Å². The maximum atomic E-state index is 12.5. The molecule has 27 heavy (non-hydrogen) atoms. The van der Waals surface area contributed by atoms with Crippen molar-refractivity contribution in [1.82, 2.24) is 0 Å². The largest absolute Gasteiger partial charge is 0.375 e. The molecule has 4 rings (SSSR count). The molecule has 2 heterocycles. The number of benzene rings is 2.